The van der Waals surface area contributed by atoms with Gasteiger partial charge in [0.05, 0.1) is 11.2 Å². The van der Waals surface area contributed by atoms with Crippen LogP contribution in [0.2, 0.25) is 0 Å². The van der Waals surface area contributed by atoms with Crippen LogP contribution in [0.4, 0.5) is 4.79 Å². The highest BCUT2D eigenvalue weighted by molar-refractivity contribution is 6.60. The molecule has 0 aliphatic carbocycles. The molecular weight excluding hydrogens is 357 g/mol. The fourth-order valence-corrected chi connectivity index (χ4v) is 3.15. The van der Waals surface area contributed by atoms with Gasteiger partial charge in [-0.05, 0) is 73.4 Å². The monoisotopic (exact) mass is 393 g/mol. The van der Waals surface area contributed by atoms with Crippen LogP contribution in [0, 0.1) is 11.3 Å². The summed E-state index contributed by atoms with van der Waals surface area (Å²) < 4.78 is 17.4. The first kappa shape index (κ1) is 22.8. The molecule has 158 valence electrons. The summed E-state index contributed by atoms with van der Waals surface area (Å²) in [5.41, 5.74) is -0.635. The van der Waals surface area contributed by atoms with Gasteiger partial charge in [0.1, 0.15) is 5.60 Å². The van der Waals surface area contributed by atoms with E-state index in [9.17, 15) is 4.79 Å². The van der Waals surface area contributed by atoms with Crippen LogP contribution in [0.3, 0.4) is 0 Å². The van der Waals surface area contributed by atoms with Crippen molar-refractivity contribution >= 4 is 19.4 Å². The van der Waals surface area contributed by atoms with Gasteiger partial charge in [-0.15, -0.1) is 0 Å². The maximum absolute atomic E-state index is 12.1. The third-order valence-electron chi connectivity index (χ3n) is 5.63. The highest BCUT2D eigenvalue weighted by Gasteiger charge is 2.52. The molecule has 0 bridgehead atoms. The van der Waals surface area contributed by atoms with E-state index < -0.39 is 23.9 Å². The first-order chi connectivity index (χ1) is 12.8. The van der Waals surface area contributed by atoms with E-state index in [4.69, 9.17) is 19.5 Å². The third kappa shape index (κ3) is 5.73. The largest absolute Gasteiger partial charge is 0.497 e. The number of hydrogen-bond donors (Lipinski definition) is 2. The number of amides is 1. The number of hydrogen-bond acceptors (Lipinski definition) is 6. The Balaban J connectivity index is 1.80. The summed E-state index contributed by atoms with van der Waals surface area (Å²) in [6.45, 7) is 15.9. The molecule has 2 aliphatic heterocycles. The minimum atomic E-state index is -0.538. The van der Waals surface area contributed by atoms with Crippen LogP contribution in [-0.2, 0) is 14.0 Å². The number of carbonyl (C=O) groups is 1. The molecule has 0 atom stereocenters. The number of nitrogens with one attached hydrogen (secondary N) is 2. The Labute approximate surface area is 169 Å². The Kier molecular flexibility index (Phi) is 6.87. The summed E-state index contributed by atoms with van der Waals surface area (Å²) in [7, 11) is -0.538. The second-order valence-corrected chi connectivity index (χ2v) is 9.70. The predicted molar refractivity (Wildman–Crippen MR) is 111 cm³/mol. The van der Waals surface area contributed by atoms with Crippen LogP contribution in [0.1, 0.15) is 61.3 Å². The lowest BCUT2D eigenvalue weighted by atomic mass is 9.79. The van der Waals surface area contributed by atoms with Crippen molar-refractivity contribution in [3.8, 4) is 0 Å². The predicted octanol–water partition coefficient (Wildman–Crippen LogP) is 3.39. The third-order valence-corrected chi connectivity index (χ3v) is 5.63. The first-order valence-corrected chi connectivity index (χ1v) is 10.1. The average Bonchev–Trinajstić information content (AvgIpc) is 2.78. The number of piperidine rings is 1. The van der Waals surface area contributed by atoms with E-state index in [1.165, 1.54) is 6.21 Å². The second-order valence-electron chi connectivity index (χ2n) is 9.70. The molecule has 7 nitrogen and oxygen atoms in total. The van der Waals surface area contributed by atoms with Gasteiger partial charge in [0.2, 0.25) is 0 Å². The SMILES string of the molecule is CC(C)(C)OC(=O)N1CCC(CN/C=C(\C=N)B2OC(C)(C)C(C)(C)O2)CC1. The molecule has 0 saturated carbocycles. The number of nitrogens with zero attached hydrogens (tertiary/aromatic N) is 1. The highest BCUT2D eigenvalue weighted by atomic mass is 16.7. The molecule has 0 aromatic heterocycles. The summed E-state index contributed by atoms with van der Waals surface area (Å²) in [5, 5.41) is 11.0. The number of likely N-dealkylation sites (tertiary alicyclic amines) is 1. The van der Waals surface area contributed by atoms with Crippen LogP contribution in [0.25, 0.3) is 0 Å². The van der Waals surface area contributed by atoms with Crippen molar-refractivity contribution in [3.05, 3.63) is 11.7 Å². The summed E-state index contributed by atoms with van der Waals surface area (Å²) in [5.74, 6) is 0.472. The van der Waals surface area contributed by atoms with Crippen LogP contribution in [0.15, 0.2) is 11.7 Å². The van der Waals surface area contributed by atoms with Crippen molar-refractivity contribution in [3.63, 3.8) is 0 Å². The quantitative estimate of drug-likeness (QED) is 0.553. The Morgan fingerprint density at radius 1 is 1.21 bits per heavy atom. The molecular formula is C20H36BN3O4. The molecule has 1 amide bonds. The van der Waals surface area contributed by atoms with E-state index in [0.717, 1.165) is 19.4 Å². The molecule has 0 radical (unpaired) electrons. The molecule has 2 heterocycles. The second kappa shape index (κ2) is 8.45. The lowest BCUT2D eigenvalue weighted by Gasteiger charge is -2.33. The van der Waals surface area contributed by atoms with Gasteiger partial charge in [-0.3, -0.25) is 0 Å². The van der Waals surface area contributed by atoms with Gasteiger partial charge in [0, 0.05) is 31.3 Å². The van der Waals surface area contributed by atoms with Gasteiger partial charge >= 0.3 is 13.2 Å². The number of carbonyl (C=O) groups excluding carboxylic acids is 1. The Morgan fingerprint density at radius 2 is 1.75 bits per heavy atom. The normalized spacial score (nSPS) is 22.9. The fourth-order valence-electron chi connectivity index (χ4n) is 3.15. The van der Waals surface area contributed by atoms with Crippen molar-refractivity contribution in [2.24, 2.45) is 5.92 Å². The highest BCUT2D eigenvalue weighted by Crippen LogP contribution is 2.38. The molecule has 2 rings (SSSR count). The smallest absolute Gasteiger partial charge is 0.444 e. The Hall–Kier alpha value is -1.54. The molecule has 0 spiro atoms. The Bertz CT molecular complexity index is 589. The zero-order valence-corrected chi connectivity index (χ0v) is 18.4. The van der Waals surface area contributed by atoms with E-state index >= 15 is 0 Å². The first-order valence-electron chi connectivity index (χ1n) is 10.1. The molecule has 0 aromatic carbocycles. The van der Waals surface area contributed by atoms with Gasteiger partial charge in [-0.25, -0.2) is 4.79 Å². The van der Waals surface area contributed by atoms with Crippen molar-refractivity contribution in [1.82, 2.24) is 10.2 Å². The fraction of sp³-hybridized carbons (Fsp3) is 0.800. The van der Waals surface area contributed by atoms with E-state index in [1.54, 1.807) is 4.90 Å². The zero-order valence-electron chi connectivity index (χ0n) is 18.4. The van der Waals surface area contributed by atoms with E-state index in [0.29, 0.717) is 24.5 Å². The maximum Gasteiger partial charge on any atom is 0.497 e. The molecule has 28 heavy (non-hydrogen) atoms. The van der Waals surface area contributed by atoms with Gasteiger partial charge in [0.25, 0.3) is 0 Å². The summed E-state index contributed by atoms with van der Waals surface area (Å²) in [6, 6.07) is 0. The minimum absolute atomic E-state index is 0.231. The van der Waals surface area contributed by atoms with Crippen LogP contribution in [-0.4, -0.2) is 60.8 Å². The van der Waals surface area contributed by atoms with Crippen molar-refractivity contribution in [2.75, 3.05) is 19.6 Å². The lowest BCUT2D eigenvalue weighted by Crippen LogP contribution is -2.43. The molecule has 2 aliphatic rings. The maximum atomic E-state index is 12.1. The average molecular weight is 393 g/mol. The zero-order chi connectivity index (χ0) is 21.2. The van der Waals surface area contributed by atoms with E-state index in [1.807, 2.05) is 54.7 Å². The van der Waals surface area contributed by atoms with Gasteiger partial charge in [-0.1, -0.05) is 0 Å². The number of rotatable bonds is 5. The molecule has 8 heteroatoms. The molecule has 0 aromatic rings. The van der Waals surface area contributed by atoms with Gasteiger partial charge < -0.3 is 29.7 Å². The lowest BCUT2D eigenvalue weighted by molar-refractivity contribution is 0.00578. The number of ether oxygens (including phenoxy) is 1. The van der Waals surface area contributed by atoms with Gasteiger partial charge in [0.15, 0.2) is 0 Å². The van der Waals surface area contributed by atoms with Crippen LogP contribution >= 0.6 is 0 Å². The Morgan fingerprint density at radius 3 is 2.21 bits per heavy atom. The van der Waals surface area contributed by atoms with Crippen molar-refractivity contribution in [1.29, 1.82) is 5.41 Å². The van der Waals surface area contributed by atoms with Gasteiger partial charge in [-0.2, -0.15) is 0 Å². The number of allylic oxidation sites excluding steroid dienone is 1. The van der Waals surface area contributed by atoms with Crippen molar-refractivity contribution in [2.45, 2.75) is 78.1 Å². The summed E-state index contributed by atoms with van der Waals surface area (Å²) >= 11 is 0. The molecule has 2 fully saturated rings. The van der Waals surface area contributed by atoms with Crippen LogP contribution in [0.5, 0.6) is 0 Å². The summed E-state index contributed by atoms with van der Waals surface area (Å²) in [4.78, 5) is 13.9. The molecule has 0 unspecified atom stereocenters. The van der Waals surface area contributed by atoms with E-state index in [-0.39, 0.29) is 6.09 Å². The topological polar surface area (TPSA) is 83.9 Å². The van der Waals surface area contributed by atoms with Crippen LogP contribution < -0.4 is 5.32 Å². The summed E-state index contributed by atoms with van der Waals surface area (Å²) in [6.07, 6.45) is 4.72. The standard InChI is InChI=1S/C20H36BN3O4/c1-18(2,3)26-17(25)24-10-8-15(9-11-24)13-23-14-16(12-22)21-27-19(4,5)20(6,7)28-21/h12,14-15,22-23H,8-11,13H2,1-7H3/b16-14+,22-12?. The van der Waals surface area contributed by atoms with E-state index in [2.05, 4.69) is 5.32 Å². The minimum Gasteiger partial charge on any atom is -0.444 e. The molecule has 2 saturated heterocycles. The molecule has 2 N–H and O–H groups in total. The van der Waals surface area contributed by atoms with Crippen molar-refractivity contribution < 1.29 is 18.8 Å².